The molecule has 0 amide bonds. The van der Waals surface area contributed by atoms with Crippen LogP contribution in [0.15, 0.2) is 29.3 Å². The Bertz CT molecular complexity index is 408. The summed E-state index contributed by atoms with van der Waals surface area (Å²) in [6, 6.07) is 6.50. The summed E-state index contributed by atoms with van der Waals surface area (Å²) in [5, 5.41) is 0. The molecule has 2 N–H and O–H groups in total. The Hall–Kier alpha value is -1.38. The van der Waals surface area contributed by atoms with Crippen molar-refractivity contribution in [1.82, 2.24) is 0 Å². The van der Waals surface area contributed by atoms with Crippen LogP contribution in [0, 0.1) is 11.7 Å². The van der Waals surface area contributed by atoms with Crippen LogP contribution in [0.3, 0.4) is 0 Å². The molecular formula is C14H19FN2. The molecule has 1 aromatic rings. The summed E-state index contributed by atoms with van der Waals surface area (Å²) in [7, 11) is 0. The van der Waals surface area contributed by atoms with Crippen molar-refractivity contribution in [3.8, 4) is 0 Å². The van der Waals surface area contributed by atoms with Gasteiger partial charge in [0.05, 0.1) is 11.9 Å². The van der Waals surface area contributed by atoms with E-state index in [1.54, 1.807) is 6.07 Å². The topological polar surface area (TPSA) is 38.4 Å². The molecule has 1 aromatic carbocycles. The van der Waals surface area contributed by atoms with Crippen LogP contribution >= 0.6 is 0 Å². The summed E-state index contributed by atoms with van der Waals surface area (Å²) in [5.41, 5.74) is 6.89. The maximum absolute atomic E-state index is 13.1. The van der Waals surface area contributed by atoms with Gasteiger partial charge >= 0.3 is 0 Å². The molecule has 0 aromatic heterocycles. The zero-order valence-corrected chi connectivity index (χ0v) is 10.2. The molecule has 0 heterocycles. The van der Waals surface area contributed by atoms with E-state index in [9.17, 15) is 4.39 Å². The lowest BCUT2D eigenvalue weighted by molar-refractivity contribution is 0.621. The minimum absolute atomic E-state index is 0.0636. The van der Waals surface area contributed by atoms with E-state index in [0.29, 0.717) is 5.92 Å². The molecule has 1 fully saturated rings. The van der Waals surface area contributed by atoms with Gasteiger partial charge < -0.3 is 5.73 Å². The molecule has 0 bridgehead atoms. The first-order valence-corrected chi connectivity index (χ1v) is 6.25. The average molecular weight is 234 g/mol. The largest absolute Gasteiger partial charge is 0.387 e. The number of hydrogen-bond donors (Lipinski definition) is 1. The highest BCUT2D eigenvalue weighted by Gasteiger charge is 2.19. The van der Waals surface area contributed by atoms with Gasteiger partial charge in [0.2, 0.25) is 0 Å². The highest BCUT2D eigenvalue weighted by Crippen LogP contribution is 2.26. The van der Waals surface area contributed by atoms with Crippen molar-refractivity contribution < 1.29 is 4.39 Å². The van der Waals surface area contributed by atoms with Gasteiger partial charge in [0, 0.05) is 5.92 Å². The fourth-order valence-electron chi connectivity index (χ4n) is 2.39. The maximum atomic E-state index is 13.1. The minimum atomic E-state index is -0.219. The monoisotopic (exact) mass is 234 g/mol. The van der Waals surface area contributed by atoms with Gasteiger partial charge in [0.25, 0.3) is 0 Å². The second-order valence-electron chi connectivity index (χ2n) is 4.77. The summed E-state index contributed by atoms with van der Waals surface area (Å²) >= 11 is 0. The number of benzene rings is 1. The Labute approximate surface area is 102 Å². The third kappa shape index (κ3) is 3.05. The van der Waals surface area contributed by atoms with Gasteiger partial charge in [-0.2, -0.15) is 0 Å². The van der Waals surface area contributed by atoms with Crippen molar-refractivity contribution in [2.75, 3.05) is 0 Å². The Morgan fingerprint density at radius 1 is 1.41 bits per heavy atom. The fraction of sp³-hybridized carbons (Fsp3) is 0.500. The third-order valence-corrected chi connectivity index (χ3v) is 3.45. The smallest absolute Gasteiger partial charge is 0.123 e. The highest BCUT2D eigenvalue weighted by atomic mass is 19.1. The first-order valence-electron chi connectivity index (χ1n) is 6.25. The summed E-state index contributed by atoms with van der Waals surface area (Å²) in [6.07, 6.45) is 4.78. The SMILES string of the molecule is CC(N=C(N)C1CCCC1)c1cccc(F)c1. The zero-order valence-electron chi connectivity index (χ0n) is 10.2. The predicted molar refractivity (Wildman–Crippen MR) is 68.4 cm³/mol. The molecule has 2 nitrogen and oxygen atoms in total. The Kier molecular flexibility index (Phi) is 3.77. The first kappa shape index (κ1) is 12.1. The molecule has 0 radical (unpaired) electrons. The van der Waals surface area contributed by atoms with E-state index in [1.165, 1.54) is 25.0 Å². The van der Waals surface area contributed by atoms with E-state index in [0.717, 1.165) is 24.2 Å². The van der Waals surface area contributed by atoms with E-state index in [1.807, 2.05) is 13.0 Å². The number of nitrogens with zero attached hydrogens (tertiary/aromatic N) is 1. The van der Waals surface area contributed by atoms with E-state index in [4.69, 9.17) is 5.73 Å². The molecule has 1 aliphatic carbocycles. The third-order valence-electron chi connectivity index (χ3n) is 3.45. The van der Waals surface area contributed by atoms with Crippen LogP contribution in [0.4, 0.5) is 4.39 Å². The molecule has 0 saturated heterocycles. The van der Waals surface area contributed by atoms with Gasteiger partial charge in [-0.15, -0.1) is 0 Å². The van der Waals surface area contributed by atoms with Crippen LogP contribution in [0.25, 0.3) is 0 Å². The van der Waals surface area contributed by atoms with Crippen molar-refractivity contribution in [3.05, 3.63) is 35.6 Å². The number of amidine groups is 1. The molecule has 2 rings (SSSR count). The number of halogens is 1. The second kappa shape index (κ2) is 5.30. The van der Waals surface area contributed by atoms with Crippen molar-refractivity contribution in [3.63, 3.8) is 0 Å². The number of nitrogens with two attached hydrogens (primary N) is 1. The standard InChI is InChI=1S/C14H19FN2/c1-10(12-7-4-8-13(15)9-12)17-14(16)11-5-2-3-6-11/h4,7-11H,2-3,5-6H2,1H3,(H2,16,17). The lowest BCUT2D eigenvalue weighted by atomic mass is 10.1. The Balaban J connectivity index is 2.09. The fourth-order valence-corrected chi connectivity index (χ4v) is 2.39. The van der Waals surface area contributed by atoms with Crippen molar-refractivity contribution >= 4 is 5.84 Å². The molecule has 1 aliphatic rings. The van der Waals surface area contributed by atoms with E-state index >= 15 is 0 Å². The number of rotatable bonds is 3. The molecular weight excluding hydrogens is 215 g/mol. The molecule has 1 saturated carbocycles. The quantitative estimate of drug-likeness (QED) is 0.631. The minimum Gasteiger partial charge on any atom is -0.387 e. The summed E-state index contributed by atoms with van der Waals surface area (Å²) in [5.74, 6) is 0.953. The Morgan fingerprint density at radius 3 is 2.76 bits per heavy atom. The lowest BCUT2D eigenvalue weighted by Crippen LogP contribution is -2.22. The van der Waals surface area contributed by atoms with Gasteiger partial charge in [-0.3, -0.25) is 4.99 Å². The van der Waals surface area contributed by atoms with Crippen molar-refractivity contribution in [2.45, 2.75) is 38.6 Å². The molecule has 1 unspecified atom stereocenters. The Morgan fingerprint density at radius 2 is 2.12 bits per heavy atom. The predicted octanol–water partition coefficient (Wildman–Crippen LogP) is 3.43. The van der Waals surface area contributed by atoms with Gasteiger partial charge in [0.15, 0.2) is 0 Å². The first-order chi connectivity index (χ1) is 8.16. The molecule has 0 aliphatic heterocycles. The van der Waals surface area contributed by atoms with Gasteiger partial charge in [0.1, 0.15) is 5.82 Å². The molecule has 1 atom stereocenters. The van der Waals surface area contributed by atoms with Crippen LogP contribution in [-0.4, -0.2) is 5.84 Å². The van der Waals surface area contributed by atoms with Crippen LogP contribution in [-0.2, 0) is 0 Å². The van der Waals surface area contributed by atoms with E-state index in [-0.39, 0.29) is 11.9 Å². The van der Waals surface area contributed by atoms with Gasteiger partial charge in [-0.05, 0) is 37.5 Å². The molecule has 17 heavy (non-hydrogen) atoms. The van der Waals surface area contributed by atoms with E-state index in [2.05, 4.69) is 4.99 Å². The van der Waals surface area contributed by atoms with Gasteiger partial charge in [-0.1, -0.05) is 25.0 Å². The van der Waals surface area contributed by atoms with Gasteiger partial charge in [-0.25, -0.2) is 4.39 Å². The molecule has 92 valence electrons. The zero-order chi connectivity index (χ0) is 12.3. The van der Waals surface area contributed by atoms with Crippen LogP contribution in [0.1, 0.15) is 44.2 Å². The average Bonchev–Trinajstić information content (AvgIpc) is 2.82. The van der Waals surface area contributed by atoms with Crippen LogP contribution < -0.4 is 5.73 Å². The number of hydrogen-bond acceptors (Lipinski definition) is 1. The van der Waals surface area contributed by atoms with Crippen LogP contribution in [0.2, 0.25) is 0 Å². The summed E-state index contributed by atoms with van der Waals surface area (Å²) in [6.45, 7) is 1.95. The highest BCUT2D eigenvalue weighted by molar-refractivity contribution is 5.83. The van der Waals surface area contributed by atoms with E-state index < -0.39 is 0 Å². The van der Waals surface area contributed by atoms with Crippen LogP contribution in [0.5, 0.6) is 0 Å². The summed E-state index contributed by atoms with van der Waals surface area (Å²) in [4.78, 5) is 4.50. The second-order valence-corrected chi connectivity index (χ2v) is 4.77. The lowest BCUT2D eigenvalue weighted by Gasteiger charge is -2.12. The summed E-state index contributed by atoms with van der Waals surface area (Å²) < 4.78 is 13.1. The van der Waals surface area contributed by atoms with Crippen molar-refractivity contribution in [2.24, 2.45) is 16.6 Å². The maximum Gasteiger partial charge on any atom is 0.123 e. The van der Waals surface area contributed by atoms with Crippen molar-refractivity contribution in [1.29, 1.82) is 0 Å². The molecule has 3 heteroatoms. The normalized spacial score (nSPS) is 19.5. The molecule has 0 spiro atoms. The number of aliphatic imine (C=N–C) groups is 1.